The summed E-state index contributed by atoms with van der Waals surface area (Å²) in [6, 6.07) is 11.0. The van der Waals surface area contributed by atoms with Crippen molar-refractivity contribution >= 4 is 0 Å². The van der Waals surface area contributed by atoms with Gasteiger partial charge in [-0.1, -0.05) is 30.3 Å². The molecule has 2 nitrogen and oxygen atoms in total. The predicted molar refractivity (Wildman–Crippen MR) is 138 cm³/mol. The zero-order chi connectivity index (χ0) is 28.1. The highest BCUT2D eigenvalue weighted by Gasteiger charge is 2.45. The molecule has 2 aromatic carbocycles. The Labute approximate surface area is 222 Å². The third kappa shape index (κ3) is 6.06. The number of likely N-dealkylation sites (tertiary alicyclic amines) is 2. The van der Waals surface area contributed by atoms with Crippen LogP contribution in [0, 0.1) is 5.92 Å². The summed E-state index contributed by atoms with van der Waals surface area (Å²) in [5.41, 5.74) is -0.854. The van der Waals surface area contributed by atoms with Crippen LogP contribution in [0.4, 0.5) is 26.3 Å². The van der Waals surface area contributed by atoms with Gasteiger partial charge in [0, 0.05) is 29.7 Å². The molecule has 0 aromatic heterocycles. The summed E-state index contributed by atoms with van der Waals surface area (Å²) < 4.78 is 81.8. The summed E-state index contributed by atoms with van der Waals surface area (Å²) in [5.74, 6) is 0.197. The van der Waals surface area contributed by atoms with Gasteiger partial charge in [-0.15, -0.1) is 0 Å². The molecule has 2 aromatic rings. The van der Waals surface area contributed by atoms with E-state index in [1.807, 2.05) is 0 Å². The van der Waals surface area contributed by atoms with Gasteiger partial charge in [0.25, 0.3) is 0 Å². The standard InChI is InChI=1S/C30H38F6N2/c1-27(2,3)38-19-20(16-26(38)21-10-8-11-22(17-21)29(31,32)33)18-28(4,5)37-15-9-14-25(37)23-12-6-7-13-24(23)30(34,35)36/h6-8,10-13,17,20,25-26H,9,14-16,18-19H2,1-5H3. The first-order valence-corrected chi connectivity index (χ1v) is 13.4. The van der Waals surface area contributed by atoms with Gasteiger partial charge in [0.15, 0.2) is 0 Å². The number of hydrogen-bond donors (Lipinski definition) is 0. The summed E-state index contributed by atoms with van der Waals surface area (Å²) in [7, 11) is 0. The van der Waals surface area contributed by atoms with Crippen molar-refractivity contribution in [1.29, 1.82) is 0 Å². The predicted octanol–water partition coefficient (Wildman–Crippen LogP) is 8.89. The lowest BCUT2D eigenvalue weighted by atomic mass is 9.85. The fraction of sp³-hybridized carbons (Fsp3) is 0.600. The molecule has 0 spiro atoms. The summed E-state index contributed by atoms with van der Waals surface area (Å²) in [4.78, 5) is 4.50. The smallest absolute Gasteiger partial charge is 0.291 e. The Kier molecular flexibility index (Phi) is 7.74. The lowest BCUT2D eigenvalue weighted by molar-refractivity contribution is -0.139. The molecule has 2 heterocycles. The topological polar surface area (TPSA) is 6.48 Å². The van der Waals surface area contributed by atoms with Gasteiger partial charge in [-0.3, -0.25) is 9.80 Å². The summed E-state index contributed by atoms with van der Waals surface area (Å²) in [6.07, 6.45) is -5.86. The molecule has 0 bridgehead atoms. The molecule has 2 aliphatic heterocycles. The minimum absolute atomic E-state index is 0.154. The molecule has 0 aliphatic carbocycles. The van der Waals surface area contributed by atoms with Gasteiger partial charge < -0.3 is 0 Å². The minimum Gasteiger partial charge on any atom is -0.291 e. The van der Waals surface area contributed by atoms with Gasteiger partial charge in [0.2, 0.25) is 0 Å². The maximum atomic E-state index is 13.8. The van der Waals surface area contributed by atoms with Gasteiger partial charge in [0.1, 0.15) is 0 Å². The van der Waals surface area contributed by atoms with Gasteiger partial charge >= 0.3 is 12.4 Å². The van der Waals surface area contributed by atoms with E-state index >= 15 is 0 Å². The van der Waals surface area contributed by atoms with Gasteiger partial charge in [-0.05, 0) is 102 Å². The molecular weight excluding hydrogens is 502 g/mol. The van der Waals surface area contributed by atoms with E-state index in [4.69, 9.17) is 0 Å². The Morgan fingerprint density at radius 1 is 0.789 bits per heavy atom. The average molecular weight is 541 g/mol. The van der Waals surface area contributed by atoms with Crippen LogP contribution in [-0.4, -0.2) is 34.0 Å². The molecule has 0 amide bonds. The van der Waals surface area contributed by atoms with Crippen LogP contribution in [0.2, 0.25) is 0 Å². The second-order valence-electron chi connectivity index (χ2n) is 12.5. The zero-order valence-corrected chi connectivity index (χ0v) is 22.8. The average Bonchev–Trinajstić information content (AvgIpc) is 3.46. The lowest BCUT2D eigenvalue weighted by Crippen LogP contribution is -2.46. The van der Waals surface area contributed by atoms with Crippen molar-refractivity contribution in [2.75, 3.05) is 13.1 Å². The Balaban J connectivity index is 1.58. The highest BCUT2D eigenvalue weighted by atomic mass is 19.4. The Morgan fingerprint density at radius 3 is 2.11 bits per heavy atom. The normalized spacial score (nSPS) is 24.3. The first-order chi connectivity index (χ1) is 17.5. The second-order valence-corrected chi connectivity index (χ2v) is 12.5. The van der Waals surface area contributed by atoms with E-state index in [1.54, 1.807) is 18.2 Å². The van der Waals surface area contributed by atoms with E-state index in [1.165, 1.54) is 18.2 Å². The SMILES string of the molecule is CC(C)(C)N1CC(CC(C)(C)N2CCCC2c2ccccc2C(F)(F)F)CC1c1cccc(C(F)(F)F)c1. The molecule has 0 radical (unpaired) electrons. The summed E-state index contributed by atoms with van der Waals surface area (Å²) in [5, 5.41) is 0. The van der Waals surface area contributed by atoms with Crippen molar-refractivity contribution in [3.05, 3.63) is 70.8 Å². The first-order valence-electron chi connectivity index (χ1n) is 13.4. The molecule has 2 aliphatic rings. The van der Waals surface area contributed by atoms with Crippen molar-refractivity contribution in [3.8, 4) is 0 Å². The van der Waals surface area contributed by atoms with Crippen LogP contribution in [-0.2, 0) is 12.4 Å². The fourth-order valence-electron chi connectivity index (χ4n) is 6.73. The highest BCUT2D eigenvalue weighted by Crippen LogP contribution is 2.48. The number of rotatable bonds is 5. The van der Waals surface area contributed by atoms with E-state index in [9.17, 15) is 26.3 Å². The number of benzene rings is 2. The van der Waals surface area contributed by atoms with Crippen LogP contribution < -0.4 is 0 Å². The number of hydrogen-bond acceptors (Lipinski definition) is 2. The molecule has 3 atom stereocenters. The Bertz CT molecular complexity index is 1110. The molecule has 210 valence electrons. The molecule has 38 heavy (non-hydrogen) atoms. The molecule has 0 saturated carbocycles. The molecule has 2 fully saturated rings. The van der Waals surface area contributed by atoms with Crippen molar-refractivity contribution in [2.24, 2.45) is 5.92 Å². The van der Waals surface area contributed by atoms with Crippen molar-refractivity contribution in [1.82, 2.24) is 9.80 Å². The highest BCUT2D eigenvalue weighted by molar-refractivity contribution is 5.33. The Hall–Kier alpha value is -2.06. The van der Waals surface area contributed by atoms with Gasteiger partial charge in [-0.25, -0.2) is 0 Å². The molecule has 0 N–H and O–H groups in total. The molecule has 4 rings (SSSR count). The van der Waals surface area contributed by atoms with Crippen molar-refractivity contribution < 1.29 is 26.3 Å². The largest absolute Gasteiger partial charge is 0.416 e. The fourth-order valence-corrected chi connectivity index (χ4v) is 6.73. The minimum atomic E-state index is -4.41. The van der Waals surface area contributed by atoms with E-state index in [0.29, 0.717) is 24.0 Å². The third-order valence-corrected chi connectivity index (χ3v) is 8.29. The van der Waals surface area contributed by atoms with Crippen LogP contribution in [0.3, 0.4) is 0 Å². The van der Waals surface area contributed by atoms with Crippen LogP contribution in [0.25, 0.3) is 0 Å². The van der Waals surface area contributed by atoms with Crippen molar-refractivity contribution in [3.63, 3.8) is 0 Å². The van der Waals surface area contributed by atoms with Crippen LogP contribution in [0.5, 0.6) is 0 Å². The second kappa shape index (κ2) is 10.2. The number of halogens is 6. The third-order valence-electron chi connectivity index (χ3n) is 8.29. The lowest BCUT2D eigenvalue weighted by Gasteiger charge is -2.42. The summed E-state index contributed by atoms with van der Waals surface area (Å²) >= 11 is 0. The Morgan fingerprint density at radius 2 is 1.47 bits per heavy atom. The molecule has 3 unspecified atom stereocenters. The monoisotopic (exact) mass is 540 g/mol. The van der Waals surface area contributed by atoms with E-state index in [2.05, 4.69) is 44.4 Å². The van der Waals surface area contributed by atoms with Crippen LogP contribution in [0.15, 0.2) is 48.5 Å². The maximum absolute atomic E-state index is 13.8. The van der Waals surface area contributed by atoms with Gasteiger partial charge in [0.05, 0.1) is 11.1 Å². The zero-order valence-electron chi connectivity index (χ0n) is 22.8. The van der Waals surface area contributed by atoms with Crippen LogP contribution >= 0.6 is 0 Å². The number of nitrogens with zero attached hydrogens (tertiary/aromatic N) is 2. The van der Waals surface area contributed by atoms with E-state index in [0.717, 1.165) is 38.1 Å². The van der Waals surface area contributed by atoms with Gasteiger partial charge in [-0.2, -0.15) is 26.3 Å². The van der Waals surface area contributed by atoms with E-state index in [-0.39, 0.29) is 29.1 Å². The van der Waals surface area contributed by atoms with Crippen LogP contribution in [0.1, 0.15) is 94.6 Å². The first kappa shape index (κ1) is 28.9. The summed E-state index contributed by atoms with van der Waals surface area (Å²) in [6.45, 7) is 11.9. The molecule has 8 heteroatoms. The van der Waals surface area contributed by atoms with E-state index < -0.39 is 23.5 Å². The number of alkyl halides is 6. The molecular formula is C30H38F6N2. The molecule has 2 saturated heterocycles. The quantitative estimate of drug-likeness (QED) is 0.350. The van der Waals surface area contributed by atoms with Crippen molar-refractivity contribution in [2.45, 2.75) is 95.8 Å². The maximum Gasteiger partial charge on any atom is 0.416 e.